The van der Waals surface area contributed by atoms with Crippen molar-refractivity contribution in [1.82, 2.24) is 10.3 Å². The van der Waals surface area contributed by atoms with Gasteiger partial charge in [0.2, 0.25) is 0 Å². The molecule has 3 aromatic rings. The predicted octanol–water partition coefficient (Wildman–Crippen LogP) is 4.80. The minimum atomic E-state index is -0.691. The average Bonchev–Trinajstić information content (AvgIpc) is 3.05. The van der Waals surface area contributed by atoms with Crippen LogP contribution in [0.1, 0.15) is 39.6 Å². The van der Waals surface area contributed by atoms with Crippen LogP contribution in [0.5, 0.6) is 5.75 Å². The monoisotopic (exact) mass is 388 g/mol. The summed E-state index contributed by atoms with van der Waals surface area (Å²) in [5.74, 6) is -1.08. The fraction of sp³-hybridized carbons (Fsp3) is 0.200. The molecule has 4 nitrogen and oxygen atoms in total. The molecule has 0 saturated carbocycles. The number of halogens is 2. The van der Waals surface area contributed by atoms with E-state index >= 15 is 0 Å². The number of ether oxygens (including phenoxy) is 1. The lowest BCUT2D eigenvalue weighted by Crippen LogP contribution is -2.27. The molecule has 7 heteroatoms. The molecule has 0 aliphatic heterocycles. The van der Waals surface area contributed by atoms with Crippen molar-refractivity contribution in [2.45, 2.75) is 26.5 Å². The second-order valence-electron chi connectivity index (χ2n) is 6.03. The van der Waals surface area contributed by atoms with E-state index in [1.807, 2.05) is 12.3 Å². The molecule has 0 bridgehead atoms. The van der Waals surface area contributed by atoms with Gasteiger partial charge < -0.3 is 10.1 Å². The van der Waals surface area contributed by atoms with Crippen molar-refractivity contribution >= 4 is 17.2 Å². The number of benzene rings is 2. The van der Waals surface area contributed by atoms with Crippen LogP contribution in [0.2, 0.25) is 0 Å². The van der Waals surface area contributed by atoms with Crippen LogP contribution in [0.4, 0.5) is 8.78 Å². The molecule has 0 unspecified atom stereocenters. The highest BCUT2D eigenvalue weighted by Crippen LogP contribution is 2.19. The summed E-state index contributed by atoms with van der Waals surface area (Å²) < 4.78 is 32.5. The Morgan fingerprint density at radius 1 is 1.22 bits per heavy atom. The molecule has 1 N–H and O–H groups in total. The second-order valence-corrected chi connectivity index (χ2v) is 7.09. The van der Waals surface area contributed by atoms with Crippen LogP contribution in [0.15, 0.2) is 47.8 Å². The molecule has 3 rings (SSSR count). The summed E-state index contributed by atoms with van der Waals surface area (Å²) in [7, 11) is 0. The molecular formula is C20H18F2N2O2S. The normalized spacial score (nSPS) is 11.9. The van der Waals surface area contributed by atoms with Crippen LogP contribution in [-0.2, 0) is 6.61 Å². The van der Waals surface area contributed by atoms with Gasteiger partial charge in [0.1, 0.15) is 24.0 Å². The van der Waals surface area contributed by atoms with Crippen LogP contribution in [0.3, 0.4) is 0 Å². The summed E-state index contributed by atoms with van der Waals surface area (Å²) in [6.07, 6.45) is 0. The van der Waals surface area contributed by atoms with E-state index in [1.165, 1.54) is 6.07 Å². The summed E-state index contributed by atoms with van der Waals surface area (Å²) in [4.78, 5) is 16.7. The predicted molar refractivity (Wildman–Crippen MR) is 99.9 cm³/mol. The minimum Gasteiger partial charge on any atom is -0.487 e. The Morgan fingerprint density at radius 3 is 2.59 bits per heavy atom. The van der Waals surface area contributed by atoms with Crippen LogP contribution in [0, 0.1) is 18.6 Å². The average molecular weight is 388 g/mol. The smallest absolute Gasteiger partial charge is 0.251 e. The molecule has 0 radical (unpaired) electrons. The van der Waals surface area contributed by atoms with E-state index in [2.05, 4.69) is 10.3 Å². The van der Waals surface area contributed by atoms with Crippen LogP contribution < -0.4 is 10.1 Å². The number of hydrogen-bond donors (Lipinski definition) is 1. The Labute approximate surface area is 159 Å². The lowest BCUT2D eigenvalue weighted by molar-refractivity contribution is 0.0939. The Kier molecular flexibility index (Phi) is 5.81. The van der Waals surface area contributed by atoms with Crippen molar-refractivity contribution in [3.63, 3.8) is 0 Å². The SMILES string of the molecule is Cc1nc(COc2ccc(C(=O)N[C@H](C)c3ccc(F)cc3F)cc2)cs1. The van der Waals surface area contributed by atoms with Gasteiger partial charge in [-0.3, -0.25) is 4.79 Å². The van der Waals surface area contributed by atoms with Crippen molar-refractivity contribution in [1.29, 1.82) is 0 Å². The van der Waals surface area contributed by atoms with Crippen LogP contribution in [-0.4, -0.2) is 10.9 Å². The van der Waals surface area contributed by atoms with Gasteiger partial charge in [0.05, 0.1) is 16.7 Å². The molecule has 140 valence electrons. The van der Waals surface area contributed by atoms with Crippen molar-refractivity contribution < 1.29 is 18.3 Å². The van der Waals surface area contributed by atoms with E-state index in [1.54, 1.807) is 42.5 Å². The molecule has 1 heterocycles. The number of hydrogen-bond acceptors (Lipinski definition) is 4. The van der Waals surface area contributed by atoms with Crippen LogP contribution >= 0.6 is 11.3 Å². The molecular weight excluding hydrogens is 370 g/mol. The molecule has 0 aliphatic rings. The Bertz CT molecular complexity index is 941. The van der Waals surface area contributed by atoms with Gasteiger partial charge in [0.15, 0.2) is 0 Å². The highest BCUT2D eigenvalue weighted by molar-refractivity contribution is 7.09. The maximum atomic E-state index is 13.8. The lowest BCUT2D eigenvalue weighted by Gasteiger charge is -2.15. The van der Waals surface area contributed by atoms with E-state index in [-0.39, 0.29) is 11.5 Å². The molecule has 0 spiro atoms. The first-order chi connectivity index (χ1) is 12.9. The van der Waals surface area contributed by atoms with Gasteiger partial charge in [-0.2, -0.15) is 0 Å². The van der Waals surface area contributed by atoms with E-state index < -0.39 is 17.7 Å². The fourth-order valence-electron chi connectivity index (χ4n) is 2.54. The van der Waals surface area contributed by atoms with E-state index in [9.17, 15) is 13.6 Å². The van der Waals surface area contributed by atoms with Crippen molar-refractivity contribution in [2.75, 3.05) is 0 Å². The molecule has 2 aromatic carbocycles. The topological polar surface area (TPSA) is 51.2 Å². The number of carbonyl (C=O) groups is 1. The van der Waals surface area contributed by atoms with Gasteiger partial charge in [-0.15, -0.1) is 11.3 Å². The quantitative estimate of drug-likeness (QED) is 0.660. The van der Waals surface area contributed by atoms with E-state index in [4.69, 9.17) is 4.74 Å². The molecule has 27 heavy (non-hydrogen) atoms. The minimum absolute atomic E-state index is 0.225. The van der Waals surface area contributed by atoms with Crippen molar-refractivity contribution in [2.24, 2.45) is 0 Å². The number of nitrogens with zero attached hydrogens (tertiary/aromatic N) is 1. The third-order valence-electron chi connectivity index (χ3n) is 3.95. The largest absolute Gasteiger partial charge is 0.487 e. The summed E-state index contributed by atoms with van der Waals surface area (Å²) in [5.41, 5.74) is 1.50. The molecule has 1 atom stereocenters. The van der Waals surface area contributed by atoms with Gasteiger partial charge in [-0.05, 0) is 44.2 Å². The third kappa shape index (κ3) is 4.89. The summed E-state index contributed by atoms with van der Waals surface area (Å²) in [6.45, 7) is 3.93. The first-order valence-electron chi connectivity index (χ1n) is 8.32. The zero-order chi connectivity index (χ0) is 19.4. The van der Waals surface area contributed by atoms with Gasteiger partial charge in [0.25, 0.3) is 5.91 Å². The van der Waals surface area contributed by atoms with Crippen LogP contribution in [0.25, 0.3) is 0 Å². The summed E-state index contributed by atoms with van der Waals surface area (Å²) >= 11 is 1.56. The highest BCUT2D eigenvalue weighted by Gasteiger charge is 2.15. The molecule has 1 amide bonds. The molecule has 0 saturated heterocycles. The Morgan fingerprint density at radius 2 is 1.96 bits per heavy atom. The lowest BCUT2D eigenvalue weighted by atomic mass is 10.1. The summed E-state index contributed by atoms with van der Waals surface area (Å²) in [6, 6.07) is 9.34. The number of amides is 1. The third-order valence-corrected chi connectivity index (χ3v) is 4.77. The summed E-state index contributed by atoms with van der Waals surface area (Å²) in [5, 5.41) is 5.62. The van der Waals surface area contributed by atoms with E-state index in [0.29, 0.717) is 17.9 Å². The zero-order valence-corrected chi connectivity index (χ0v) is 15.6. The first-order valence-corrected chi connectivity index (χ1v) is 9.20. The number of nitrogens with one attached hydrogen (secondary N) is 1. The number of aromatic nitrogens is 1. The number of thiazole rings is 1. The van der Waals surface area contributed by atoms with Gasteiger partial charge in [-0.25, -0.2) is 13.8 Å². The van der Waals surface area contributed by atoms with Gasteiger partial charge >= 0.3 is 0 Å². The molecule has 0 aliphatic carbocycles. The number of rotatable bonds is 6. The number of aryl methyl sites for hydroxylation is 1. The number of carbonyl (C=O) groups excluding carboxylic acids is 1. The first kappa shape index (κ1) is 19.0. The maximum Gasteiger partial charge on any atom is 0.251 e. The highest BCUT2D eigenvalue weighted by atomic mass is 32.1. The maximum absolute atomic E-state index is 13.8. The zero-order valence-electron chi connectivity index (χ0n) is 14.8. The van der Waals surface area contributed by atoms with Gasteiger partial charge in [-0.1, -0.05) is 6.07 Å². The second kappa shape index (κ2) is 8.26. The van der Waals surface area contributed by atoms with E-state index in [0.717, 1.165) is 22.8 Å². The van der Waals surface area contributed by atoms with Gasteiger partial charge in [0, 0.05) is 22.6 Å². The Balaban J connectivity index is 1.59. The molecule has 0 fully saturated rings. The Hall–Kier alpha value is -2.80. The van der Waals surface area contributed by atoms with Crippen molar-refractivity contribution in [3.05, 3.63) is 81.3 Å². The molecule has 1 aromatic heterocycles. The van der Waals surface area contributed by atoms with Crippen molar-refractivity contribution in [3.8, 4) is 5.75 Å². The fourth-order valence-corrected chi connectivity index (χ4v) is 3.14. The standard InChI is InChI=1S/C20H18F2N2O2S/c1-12(18-8-5-15(21)9-19(18)22)23-20(25)14-3-6-17(7-4-14)26-10-16-11-27-13(2)24-16/h3-9,11-12H,10H2,1-2H3,(H,23,25)/t12-/m1/s1.